The zero-order chi connectivity index (χ0) is 12.3. The van der Waals surface area contributed by atoms with Gasteiger partial charge in [-0.25, -0.2) is 13.8 Å². The predicted molar refractivity (Wildman–Crippen MR) is 54.3 cm³/mol. The minimum atomic E-state index is -2.82. The summed E-state index contributed by atoms with van der Waals surface area (Å²) in [7, 11) is 1.15. The Labute approximate surface area is 95.4 Å². The largest absolute Gasteiger partial charge is 0.469 e. The fourth-order valence-corrected chi connectivity index (χ4v) is 1.44. The third-order valence-corrected chi connectivity index (χ3v) is 2.28. The molecule has 0 aliphatic carbocycles. The third-order valence-electron chi connectivity index (χ3n) is 1.98. The summed E-state index contributed by atoms with van der Waals surface area (Å²) in [5, 5.41) is -0.219. The Balaban J connectivity index is 3.23. The lowest BCUT2D eigenvalue weighted by Gasteiger charge is -2.11. The molecule has 0 spiro atoms. The molecule has 0 atom stereocenters. The third kappa shape index (κ3) is 2.57. The minimum absolute atomic E-state index is 0.0886. The fraction of sp³-hybridized carbons (Fsp3) is 0.333. The van der Waals surface area contributed by atoms with Gasteiger partial charge in [0, 0.05) is 17.3 Å². The highest BCUT2D eigenvalue weighted by molar-refractivity contribution is 6.31. The Kier molecular flexibility index (Phi) is 4.00. The Hall–Kier alpha value is -1.43. The van der Waals surface area contributed by atoms with E-state index in [0.29, 0.717) is 0 Å². The second-order valence-corrected chi connectivity index (χ2v) is 3.34. The van der Waals surface area contributed by atoms with Crippen molar-refractivity contribution in [2.75, 3.05) is 12.8 Å². The van der Waals surface area contributed by atoms with Crippen LogP contribution in [0.25, 0.3) is 0 Å². The predicted octanol–water partition coefficient (Wildman–Crippen LogP) is 1.97. The molecule has 7 heteroatoms. The van der Waals surface area contributed by atoms with E-state index in [1.807, 2.05) is 0 Å². The molecular formula is C9H9ClF2N2O2. The van der Waals surface area contributed by atoms with Crippen LogP contribution in [0.15, 0.2) is 6.20 Å². The van der Waals surface area contributed by atoms with Gasteiger partial charge in [0.2, 0.25) is 0 Å². The van der Waals surface area contributed by atoms with E-state index < -0.39 is 18.0 Å². The van der Waals surface area contributed by atoms with Gasteiger partial charge in [-0.2, -0.15) is 0 Å². The van der Waals surface area contributed by atoms with E-state index >= 15 is 0 Å². The molecule has 1 rings (SSSR count). The van der Waals surface area contributed by atoms with Crippen molar-refractivity contribution in [3.05, 3.63) is 22.3 Å². The van der Waals surface area contributed by atoms with Crippen LogP contribution in [0.3, 0.4) is 0 Å². The second kappa shape index (κ2) is 5.07. The number of esters is 1. The molecule has 1 aromatic heterocycles. The molecule has 1 heterocycles. The normalized spacial score (nSPS) is 10.6. The van der Waals surface area contributed by atoms with Crippen LogP contribution in [-0.4, -0.2) is 18.1 Å². The van der Waals surface area contributed by atoms with Crippen molar-refractivity contribution >= 4 is 23.4 Å². The van der Waals surface area contributed by atoms with E-state index in [4.69, 9.17) is 17.3 Å². The number of alkyl halides is 2. The second-order valence-electron chi connectivity index (χ2n) is 2.94. The summed E-state index contributed by atoms with van der Waals surface area (Å²) in [6, 6.07) is 0. The van der Waals surface area contributed by atoms with Crippen LogP contribution in [0.1, 0.15) is 17.6 Å². The first-order chi connectivity index (χ1) is 7.47. The monoisotopic (exact) mass is 250 g/mol. The summed E-state index contributed by atoms with van der Waals surface area (Å²) in [5.41, 5.74) is 4.86. The van der Waals surface area contributed by atoms with Crippen molar-refractivity contribution < 1.29 is 18.3 Å². The van der Waals surface area contributed by atoms with Gasteiger partial charge in [-0.15, -0.1) is 0 Å². The molecule has 0 unspecified atom stereocenters. The number of hydrogen-bond acceptors (Lipinski definition) is 4. The first-order valence-corrected chi connectivity index (χ1v) is 4.62. The Morgan fingerprint density at radius 2 is 2.31 bits per heavy atom. The van der Waals surface area contributed by atoms with Crippen molar-refractivity contribution in [3.8, 4) is 0 Å². The first-order valence-electron chi connectivity index (χ1n) is 4.25. The summed E-state index contributed by atoms with van der Waals surface area (Å²) in [4.78, 5) is 14.6. The van der Waals surface area contributed by atoms with Crippen LogP contribution in [-0.2, 0) is 16.0 Å². The molecule has 0 amide bonds. The molecule has 0 radical (unpaired) electrons. The van der Waals surface area contributed by atoms with Gasteiger partial charge in [0.05, 0.1) is 18.6 Å². The number of ether oxygens (including phenoxy) is 1. The molecule has 1 aromatic rings. The summed E-state index contributed by atoms with van der Waals surface area (Å²) < 4.78 is 29.8. The summed E-state index contributed by atoms with van der Waals surface area (Å²) in [6.07, 6.45) is -2.17. The smallest absolute Gasteiger partial charge is 0.310 e. The van der Waals surface area contributed by atoms with E-state index in [1.165, 1.54) is 0 Å². The number of rotatable bonds is 3. The SMILES string of the molecule is COC(=O)Cc1c(N)ncc(Cl)c1C(F)F. The number of aromatic nitrogens is 1. The van der Waals surface area contributed by atoms with Crippen molar-refractivity contribution in [2.45, 2.75) is 12.8 Å². The van der Waals surface area contributed by atoms with Gasteiger partial charge >= 0.3 is 5.97 Å². The van der Waals surface area contributed by atoms with E-state index in [2.05, 4.69) is 9.72 Å². The van der Waals surface area contributed by atoms with E-state index in [0.717, 1.165) is 13.3 Å². The number of methoxy groups -OCH3 is 1. The number of nitrogen functional groups attached to an aromatic ring is 1. The van der Waals surface area contributed by atoms with E-state index in [1.54, 1.807) is 0 Å². The number of carbonyl (C=O) groups is 1. The van der Waals surface area contributed by atoms with E-state index in [9.17, 15) is 13.6 Å². The Morgan fingerprint density at radius 3 is 2.81 bits per heavy atom. The van der Waals surface area contributed by atoms with Crippen LogP contribution in [0.4, 0.5) is 14.6 Å². The number of halogens is 3. The number of nitrogens with zero attached hydrogens (tertiary/aromatic N) is 1. The summed E-state index contributed by atoms with van der Waals surface area (Å²) >= 11 is 5.57. The van der Waals surface area contributed by atoms with Crippen LogP contribution < -0.4 is 5.73 Å². The average Bonchev–Trinajstić information content (AvgIpc) is 2.22. The molecule has 88 valence electrons. The van der Waals surface area contributed by atoms with Crippen LogP contribution in [0.2, 0.25) is 5.02 Å². The lowest BCUT2D eigenvalue weighted by atomic mass is 10.1. The maximum Gasteiger partial charge on any atom is 0.310 e. The van der Waals surface area contributed by atoms with Gasteiger partial charge in [-0.05, 0) is 0 Å². The minimum Gasteiger partial charge on any atom is -0.469 e. The Bertz CT molecular complexity index is 413. The Morgan fingerprint density at radius 1 is 1.69 bits per heavy atom. The highest BCUT2D eigenvalue weighted by Gasteiger charge is 2.22. The number of anilines is 1. The number of pyridine rings is 1. The van der Waals surface area contributed by atoms with Crippen molar-refractivity contribution in [1.29, 1.82) is 0 Å². The molecule has 4 nitrogen and oxygen atoms in total. The molecule has 0 bridgehead atoms. The lowest BCUT2D eigenvalue weighted by Crippen LogP contribution is -2.11. The zero-order valence-corrected chi connectivity index (χ0v) is 9.09. The van der Waals surface area contributed by atoms with Gasteiger partial charge in [-0.1, -0.05) is 11.6 Å². The van der Waals surface area contributed by atoms with Crippen molar-refractivity contribution in [3.63, 3.8) is 0 Å². The maximum atomic E-state index is 12.7. The molecule has 0 aliphatic heterocycles. The van der Waals surface area contributed by atoms with Gasteiger partial charge in [0.1, 0.15) is 5.82 Å². The van der Waals surface area contributed by atoms with Gasteiger partial charge in [0.15, 0.2) is 0 Å². The fourth-order valence-electron chi connectivity index (χ4n) is 1.19. The average molecular weight is 251 g/mol. The highest BCUT2D eigenvalue weighted by Crippen LogP contribution is 2.32. The number of hydrogen-bond donors (Lipinski definition) is 1. The zero-order valence-electron chi connectivity index (χ0n) is 8.34. The first kappa shape index (κ1) is 12.6. The molecule has 2 N–H and O–H groups in total. The molecular weight excluding hydrogens is 242 g/mol. The van der Waals surface area contributed by atoms with Crippen LogP contribution in [0.5, 0.6) is 0 Å². The molecule has 16 heavy (non-hydrogen) atoms. The van der Waals surface area contributed by atoms with Crippen molar-refractivity contribution in [2.24, 2.45) is 0 Å². The number of carbonyl (C=O) groups excluding carboxylic acids is 1. The molecule has 0 fully saturated rings. The van der Waals surface area contributed by atoms with Crippen LogP contribution in [0, 0.1) is 0 Å². The van der Waals surface area contributed by atoms with Crippen LogP contribution >= 0.6 is 11.6 Å². The summed E-state index contributed by atoms with van der Waals surface area (Å²) in [5.74, 6) is -0.831. The molecule has 0 saturated carbocycles. The van der Waals surface area contributed by atoms with Gasteiger partial charge < -0.3 is 10.5 Å². The maximum absolute atomic E-state index is 12.7. The van der Waals surface area contributed by atoms with Crippen molar-refractivity contribution in [1.82, 2.24) is 4.98 Å². The quantitative estimate of drug-likeness (QED) is 0.833. The summed E-state index contributed by atoms with van der Waals surface area (Å²) in [6.45, 7) is 0. The topological polar surface area (TPSA) is 65.2 Å². The molecule has 0 saturated heterocycles. The van der Waals surface area contributed by atoms with Gasteiger partial charge in [-0.3, -0.25) is 4.79 Å². The molecule has 0 aromatic carbocycles. The lowest BCUT2D eigenvalue weighted by molar-refractivity contribution is -0.139. The van der Waals surface area contributed by atoms with E-state index in [-0.39, 0.29) is 22.8 Å². The standard InChI is InChI=1S/C9H9ClF2N2O2/c1-16-6(15)2-4-7(8(11)12)5(10)3-14-9(4)13/h3,8H,2H2,1H3,(H2,13,14). The molecule has 0 aliphatic rings. The number of nitrogens with two attached hydrogens (primary N) is 1. The van der Waals surface area contributed by atoms with Gasteiger partial charge in [0.25, 0.3) is 6.43 Å². The highest BCUT2D eigenvalue weighted by atomic mass is 35.5.